The zero-order valence-electron chi connectivity index (χ0n) is 19.1. The van der Waals surface area contributed by atoms with E-state index in [1.54, 1.807) is 48.5 Å². The molecule has 2 rings (SSSR count). The number of rotatable bonds is 13. The van der Waals surface area contributed by atoms with E-state index >= 15 is 0 Å². The fourth-order valence-corrected chi connectivity index (χ4v) is 3.15. The summed E-state index contributed by atoms with van der Waals surface area (Å²) in [7, 11) is 1.47. The van der Waals surface area contributed by atoms with Crippen molar-refractivity contribution in [1.29, 1.82) is 0 Å². The third kappa shape index (κ3) is 8.69. The summed E-state index contributed by atoms with van der Waals surface area (Å²) in [6, 6.07) is 13.2. The lowest BCUT2D eigenvalue weighted by Crippen LogP contribution is -2.29. The van der Waals surface area contributed by atoms with Gasteiger partial charge in [-0.05, 0) is 48.9 Å². The quantitative estimate of drug-likeness (QED) is 0.221. The predicted molar refractivity (Wildman–Crippen MR) is 129 cm³/mol. The molecule has 0 saturated heterocycles. The van der Waals surface area contributed by atoms with Crippen LogP contribution in [-0.4, -0.2) is 61.7 Å². The summed E-state index contributed by atoms with van der Waals surface area (Å²) < 4.78 is 21.7. The standard InChI is InChI=1S/C24H29NO8S/c1-16(27)17-3-7-19(8-4-17)25-24(29)33-23(21(30-2)11-13-32-22(28)15-34)18-5-9-20(10-6-18)31-14-12-26/h3-10,21,23,26,34H,11-15H2,1-2H3,(H,25,29)/t21-,23-/m1/s1. The van der Waals surface area contributed by atoms with Crippen LogP contribution in [0.1, 0.15) is 35.4 Å². The second-order valence-corrected chi connectivity index (χ2v) is 7.48. The molecular formula is C24H29NO8S. The molecule has 0 radical (unpaired) electrons. The molecule has 9 nitrogen and oxygen atoms in total. The first kappa shape index (κ1) is 27.2. The molecule has 2 aromatic rings. The number of carbonyl (C=O) groups excluding carboxylic acids is 3. The molecule has 2 atom stereocenters. The zero-order chi connectivity index (χ0) is 24.9. The highest BCUT2D eigenvalue weighted by atomic mass is 32.1. The molecule has 0 heterocycles. The molecule has 2 N–H and O–H groups in total. The van der Waals surface area contributed by atoms with Gasteiger partial charge in [-0.25, -0.2) is 4.79 Å². The number of aliphatic hydroxyl groups is 1. The Morgan fingerprint density at radius 3 is 2.26 bits per heavy atom. The van der Waals surface area contributed by atoms with Crippen LogP contribution >= 0.6 is 12.6 Å². The van der Waals surface area contributed by atoms with E-state index in [1.807, 2.05) is 0 Å². The van der Waals surface area contributed by atoms with Crippen LogP contribution in [0.4, 0.5) is 10.5 Å². The van der Waals surface area contributed by atoms with Gasteiger partial charge in [-0.15, -0.1) is 0 Å². The molecule has 0 aliphatic heterocycles. The number of esters is 1. The number of aliphatic hydroxyl groups excluding tert-OH is 1. The van der Waals surface area contributed by atoms with Gasteiger partial charge in [-0.1, -0.05) is 12.1 Å². The van der Waals surface area contributed by atoms with E-state index in [1.165, 1.54) is 14.0 Å². The summed E-state index contributed by atoms with van der Waals surface area (Å²) in [6.07, 6.45) is -1.91. The van der Waals surface area contributed by atoms with Crippen molar-refractivity contribution in [1.82, 2.24) is 0 Å². The lowest BCUT2D eigenvalue weighted by atomic mass is 10.0. The maximum Gasteiger partial charge on any atom is 0.412 e. The van der Waals surface area contributed by atoms with Gasteiger partial charge in [0.05, 0.1) is 19.0 Å². The number of carbonyl (C=O) groups is 3. The smallest absolute Gasteiger partial charge is 0.412 e. The molecule has 34 heavy (non-hydrogen) atoms. The number of amides is 1. The fraction of sp³-hybridized carbons (Fsp3) is 0.375. The summed E-state index contributed by atoms with van der Waals surface area (Å²) in [5, 5.41) is 11.5. The fourth-order valence-electron chi connectivity index (χ4n) is 3.05. The third-order valence-electron chi connectivity index (χ3n) is 4.78. The topological polar surface area (TPSA) is 120 Å². The highest BCUT2D eigenvalue weighted by molar-refractivity contribution is 7.81. The van der Waals surface area contributed by atoms with Gasteiger partial charge < -0.3 is 24.1 Å². The normalized spacial score (nSPS) is 12.4. The molecule has 10 heteroatoms. The molecule has 2 aromatic carbocycles. The maximum absolute atomic E-state index is 12.7. The Hall–Kier alpha value is -3.08. The monoisotopic (exact) mass is 491 g/mol. The first-order chi connectivity index (χ1) is 16.4. The molecule has 0 aromatic heterocycles. The molecule has 0 aliphatic rings. The van der Waals surface area contributed by atoms with Gasteiger partial charge in [0.25, 0.3) is 0 Å². The van der Waals surface area contributed by atoms with E-state index in [2.05, 4.69) is 17.9 Å². The van der Waals surface area contributed by atoms with Crippen molar-refractivity contribution >= 4 is 36.2 Å². The Bertz CT molecular complexity index is 933. The largest absolute Gasteiger partial charge is 0.491 e. The van der Waals surface area contributed by atoms with Crippen LogP contribution in [0.2, 0.25) is 0 Å². The van der Waals surface area contributed by atoms with Gasteiger partial charge in [-0.3, -0.25) is 14.9 Å². The number of thiol groups is 1. The Morgan fingerprint density at radius 2 is 1.71 bits per heavy atom. The minimum atomic E-state index is -0.830. The summed E-state index contributed by atoms with van der Waals surface area (Å²) >= 11 is 3.88. The summed E-state index contributed by atoms with van der Waals surface area (Å²) in [6.45, 7) is 1.56. The second kappa shape index (κ2) is 14.2. The first-order valence-corrected chi connectivity index (χ1v) is 11.2. The number of anilines is 1. The minimum absolute atomic E-state index is 0.0439. The molecule has 0 bridgehead atoms. The van der Waals surface area contributed by atoms with E-state index in [-0.39, 0.29) is 37.8 Å². The van der Waals surface area contributed by atoms with Gasteiger partial charge in [0.15, 0.2) is 11.9 Å². The molecule has 0 spiro atoms. The molecule has 0 aliphatic carbocycles. The molecule has 0 unspecified atom stereocenters. The van der Waals surface area contributed by atoms with Crippen LogP contribution in [0.15, 0.2) is 48.5 Å². The number of ketones is 1. The van der Waals surface area contributed by atoms with E-state index in [9.17, 15) is 14.4 Å². The lowest BCUT2D eigenvalue weighted by molar-refractivity contribution is -0.141. The van der Waals surface area contributed by atoms with Crippen molar-refractivity contribution in [3.8, 4) is 5.75 Å². The summed E-state index contributed by atoms with van der Waals surface area (Å²) in [4.78, 5) is 35.5. The molecule has 0 saturated carbocycles. The zero-order valence-corrected chi connectivity index (χ0v) is 20.0. The van der Waals surface area contributed by atoms with E-state index < -0.39 is 24.3 Å². The number of ether oxygens (including phenoxy) is 4. The Labute approximate surface area is 203 Å². The predicted octanol–water partition coefficient (Wildman–Crippen LogP) is 3.43. The summed E-state index contributed by atoms with van der Waals surface area (Å²) in [5.74, 6) is -0.0456. The highest BCUT2D eigenvalue weighted by Crippen LogP contribution is 2.28. The average molecular weight is 492 g/mol. The van der Waals surface area contributed by atoms with Gasteiger partial charge in [0.2, 0.25) is 0 Å². The van der Waals surface area contributed by atoms with Crippen molar-refractivity contribution in [2.45, 2.75) is 25.6 Å². The summed E-state index contributed by atoms with van der Waals surface area (Å²) in [5.41, 5.74) is 1.61. The molecule has 1 amide bonds. The minimum Gasteiger partial charge on any atom is -0.491 e. The molecule has 0 fully saturated rings. The number of methoxy groups -OCH3 is 1. The second-order valence-electron chi connectivity index (χ2n) is 7.17. The van der Waals surface area contributed by atoms with Crippen LogP contribution in [0, 0.1) is 0 Å². The van der Waals surface area contributed by atoms with Crippen LogP contribution in [-0.2, 0) is 19.0 Å². The van der Waals surface area contributed by atoms with Gasteiger partial charge in [-0.2, -0.15) is 12.6 Å². The van der Waals surface area contributed by atoms with Crippen molar-refractivity contribution in [2.24, 2.45) is 0 Å². The SMILES string of the molecule is CO[C@H](CCOC(=O)CS)[C@H](OC(=O)Nc1ccc(C(C)=O)cc1)c1ccc(OCCO)cc1. The highest BCUT2D eigenvalue weighted by Gasteiger charge is 2.28. The van der Waals surface area contributed by atoms with Crippen LogP contribution < -0.4 is 10.1 Å². The van der Waals surface area contributed by atoms with Crippen LogP contribution in [0.5, 0.6) is 5.75 Å². The number of nitrogens with one attached hydrogen (secondary N) is 1. The van der Waals surface area contributed by atoms with E-state index in [0.717, 1.165) is 0 Å². The molecule has 184 valence electrons. The third-order valence-corrected chi connectivity index (χ3v) is 5.03. The maximum atomic E-state index is 12.7. The van der Waals surface area contributed by atoms with Crippen molar-refractivity contribution in [3.63, 3.8) is 0 Å². The van der Waals surface area contributed by atoms with Crippen molar-refractivity contribution < 1.29 is 38.4 Å². The number of hydrogen-bond acceptors (Lipinski definition) is 9. The Morgan fingerprint density at radius 1 is 1.03 bits per heavy atom. The number of hydrogen-bond donors (Lipinski definition) is 3. The lowest BCUT2D eigenvalue weighted by Gasteiger charge is -2.26. The Kier molecular flexibility index (Phi) is 11.4. The Balaban J connectivity index is 2.16. The first-order valence-electron chi connectivity index (χ1n) is 10.6. The van der Waals surface area contributed by atoms with Crippen molar-refractivity contribution in [3.05, 3.63) is 59.7 Å². The van der Waals surface area contributed by atoms with Crippen LogP contribution in [0.3, 0.4) is 0 Å². The van der Waals surface area contributed by atoms with Crippen molar-refractivity contribution in [2.75, 3.05) is 38.0 Å². The van der Waals surface area contributed by atoms with Gasteiger partial charge in [0.1, 0.15) is 18.5 Å². The van der Waals surface area contributed by atoms with Gasteiger partial charge in [0, 0.05) is 24.8 Å². The van der Waals surface area contributed by atoms with E-state index in [0.29, 0.717) is 22.6 Å². The van der Waals surface area contributed by atoms with Crippen LogP contribution in [0.25, 0.3) is 0 Å². The molecular weight excluding hydrogens is 462 g/mol. The number of Topliss-reactive ketones (excluding diaryl/α,β-unsaturated/α-hetero) is 1. The van der Waals surface area contributed by atoms with Gasteiger partial charge >= 0.3 is 12.1 Å². The number of benzene rings is 2. The average Bonchev–Trinajstić information content (AvgIpc) is 2.84. The van der Waals surface area contributed by atoms with E-state index in [4.69, 9.17) is 24.1 Å².